The Balaban J connectivity index is 2.40. The highest BCUT2D eigenvalue weighted by molar-refractivity contribution is 7.14. The van der Waals surface area contributed by atoms with Gasteiger partial charge in [0, 0.05) is 12.2 Å². The third kappa shape index (κ3) is 2.68. The van der Waals surface area contributed by atoms with E-state index in [1.807, 2.05) is 26.8 Å². The lowest BCUT2D eigenvalue weighted by atomic mass is 10.2. The molecule has 102 valence electrons. The second-order valence-corrected chi connectivity index (χ2v) is 5.47. The molecule has 0 radical (unpaired) electrons. The van der Waals surface area contributed by atoms with Gasteiger partial charge < -0.3 is 5.32 Å². The van der Waals surface area contributed by atoms with Crippen LogP contribution in [0.2, 0.25) is 0 Å². The third-order valence-corrected chi connectivity index (χ3v) is 3.86. The van der Waals surface area contributed by atoms with Crippen LogP contribution in [-0.4, -0.2) is 21.5 Å². The second kappa shape index (κ2) is 5.52. The molecule has 0 saturated carbocycles. The maximum absolute atomic E-state index is 12.2. The van der Waals surface area contributed by atoms with Crippen LogP contribution in [0.3, 0.4) is 0 Å². The molecule has 19 heavy (non-hydrogen) atoms. The van der Waals surface area contributed by atoms with Gasteiger partial charge in [-0.05, 0) is 43.4 Å². The number of carbonyl (C=O) groups excluding carboxylic acids is 1. The van der Waals surface area contributed by atoms with E-state index in [-0.39, 0.29) is 11.6 Å². The van der Waals surface area contributed by atoms with E-state index in [0.29, 0.717) is 16.8 Å². The molecule has 0 fully saturated rings. The number of rotatable bonds is 3. The molecule has 2 heterocycles. The van der Waals surface area contributed by atoms with Gasteiger partial charge in [-0.1, -0.05) is 13.3 Å². The summed E-state index contributed by atoms with van der Waals surface area (Å²) in [6.07, 6.45) is 1.91. The van der Waals surface area contributed by atoms with Gasteiger partial charge in [0.2, 0.25) is 0 Å². The fraction of sp³-hybridized carbons (Fsp3) is 0.462. The number of unbranched alkanes of at least 4 members (excludes halogenated alkanes) is 1. The lowest BCUT2D eigenvalue weighted by molar-refractivity contribution is 0.244. The minimum absolute atomic E-state index is 0.279. The van der Waals surface area contributed by atoms with Gasteiger partial charge in [0.25, 0.3) is 5.56 Å². The Morgan fingerprint density at radius 2 is 2.21 bits per heavy atom. The minimum Gasteiger partial charge on any atom is -0.337 e. The fourth-order valence-corrected chi connectivity index (χ4v) is 2.95. The summed E-state index contributed by atoms with van der Waals surface area (Å²) < 4.78 is 1.15. The lowest BCUT2D eigenvalue weighted by Crippen LogP contribution is -2.33. The number of pyridine rings is 1. The van der Waals surface area contributed by atoms with Gasteiger partial charge in [0.1, 0.15) is 4.83 Å². The van der Waals surface area contributed by atoms with Crippen LogP contribution in [0.1, 0.15) is 31.0 Å². The van der Waals surface area contributed by atoms with E-state index >= 15 is 0 Å². The molecule has 5 nitrogen and oxygen atoms in total. The number of carbonyl (C=O) groups is 1. The highest BCUT2D eigenvalue weighted by Crippen LogP contribution is 2.18. The van der Waals surface area contributed by atoms with E-state index < -0.39 is 0 Å². The first-order valence-electron chi connectivity index (χ1n) is 6.33. The summed E-state index contributed by atoms with van der Waals surface area (Å²) in [5.74, 6) is 0. The molecule has 0 saturated heterocycles. The first-order chi connectivity index (χ1) is 9.04. The molecular formula is C13H17N3O2S. The van der Waals surface area contributed by atoms with Crippen molar-refractivity contribution in [3.05, 3.63) is 27.7 Å². The topological polar surface area (TPSA) is 64.0 Å². The van der Waals surface area contributed by atoms with Gasteiger partial charge in [-0.2, -0.15) is 3.96 Å². The fourth-order valence-electron chi connectivity index (χ4n) is 1.94. The van der Waals surface area contributed by atoms with E-state index in [1.54, 1.807) is 0 Å². The Kier molecular flexibility index (Phi) is 3.99. The van der Waals surface area contributed by atoms with Gasteiger partial charge in [-0.25, -0.2) is 9.78 Å². The van der Waals surface area contributed by atoms with Crippen LogP contribution in [0, 0.1) is 13.8 Å². The summed E-state index contributed by atoms with van der Waals surface area (Å²) in [4.78, 5) is 29.1. The Morgan fingerprint density at radius 1 is 1.47 bits per heavy atom. The number of fused-ring (bicyclic) bond motifs is 1. The summed E-state index contributed by atoms with van der Waals surface area (Å²) in [5.41, 5.74) is 1.44. The Labute approximate surface area is 115 Å². The molecule has 2 aromatic heterocycles. The van der Waals surface area contributed by atoms with E-state index in [0.717, 1.165) is 39.6 Å². The molecule has 6 heteroatoms. The third-order valence-electron chi connectivity index (χ3n) is 2.88. The minimum atomic E-state index is -0.362. The van der Waals surface area contributed by atoms with Crippen molar-refractivity contribution in [1.29, 1.82) is 0 Å². The molecule has 1 amide bonds. The van der Waals surface area contributed by atoms with E-state index in [1.165, 1.54) is 0 Å². The van der Waals surface area contributed by atoms with Crippen LogP contribution < -0.4 is 10.9 Å². The number of aryl methyl sites for hydroxylation is 2. The van der Waals surface area contributed by atoms with Crippen molar-refractivity contribution in [3.63, 3.8) is 0 Å². The zero-order valence-corrected chi connectivity index (χ0v) is 12.1. The molecule has 1 N–H and O–H groups in total. The zero-order chi connectivity index (χ0) is 14.0. The molecule has 0 unspecified atom stereocenters. The van der Waals surface area contributed by atoms with Crippen molar-refractivity contribution in [1.82, 2.24) is 14.3 Å². The number of hydrogen-bond donors (Lipinski definition) is 1. The molecular weight excluding hydrogens is 262 g/mol. The van der Waals surface area contributed by atoms with Crippen LogP contribution in [0.25, 0.3) is 10.2 Å². The quantitative estimate of drug-likeness (QED) is 0.878. The second-order valence-electron chi connectivity index (χ2n) is 4.54. The van der Waals surface area contributed by atoms with Crippen molar-refractivity contribution < 1.29 is 4.79 Å². The van der Waals surface area contributed by atoms with Crippen molar-refractivity contribution in [2.24, 2.45) is 0 Å². The molecule has 0 aliphatic heterocycles. The molecule has 0 aliphatic carbocycles. The van der Waals surface area contributed by atoms with Crippen LogP contribution in [0.15, 0.2) is 10.9 Å². The SMILES string of the molecule is CCCCNC(=O)n1sc2nc(C)cc(C)c2c1=O. The summed E-state index contributed by atoms with van der Waals surface area (Å²) in [5, 5.41) is 3.29. The Hall–Kier alpha value is -1.69. The Bertz CT molecular complexity index is 672. The predicted octanol–water partition coefficient (Wildman–Crippen LogP) is 2.43. The monoisotopic (exact) mass is 279 g/mol. The average molecular weight is 279 g/mol. The van der Waals surface area contributed by atoms with Gasteiger partial charge in [0.05, 0.1) is 5.39 Å². The average Bonchev–Trinajstić information content (AvgIpc) is 2.66. The van der Waals surface area contributed by atoms with Crippen LogP contribution in [-0.2, 0) is 0 Å². The molecule has 2 rings (SSSR count). The molecule has 0 aliphatic rings. The number of aromatic nitrogens is 2. The summed E-state index contributed by atoms with van der Waals surface area (Å²) in [6.45, 7) is 6.38. The van der Waals surface area contributed by atoms with Crippen LogP contribution >= 0.6 is 11.5 Å². The first kappa shape index (κ1) is 13.7. The summed E-state index contributed by atoms with van der Waals surface area (Å²) in [6, 6.07) is 1.49. The van der Waals surface area contributed by atoms with Crippen molar-refractivity contribution >= 4 is 27.8 Å². The van der Waals surface area contributed by atoms with Crippen molar-refractivity contribution in [3.8, 4) is 0 Å². The lowest BCUT2D eigenvalue weighted by Gasteiger charge is -2.01. The van der Waals surface area contributed by atoms with Gasteiger partial charge in [-0.15, -0.1) is 0 Å². The van der Waals surface area contributed by atoms with Crippen LogP contribution in [0.4, 0.5) is 4.79 Å². The van der Waals surface area contributed by atoms with E-state index in [2.05, 4.69) is 10.3 Å². The smallest absolute Gasteiger partial charge is 0.337 e. The molecule has 0 atom stereocenters. The molecule has 0 aromatic carbocycles. The summed E-state index contributed by atoms with van der Waals surface area (Å²) in [7, 11) is 0. The maximum atomic E-state index is 12.2. The number of nitrogens with zero attached hydrogens (tertiary/aromatic N) is 2. The molecule has 0 spiro atoms. The van der Waals surface area contributed by atoms with E-state index in [4.69, 9.17) is 0 Å². The van der Waals surface area contributed by atoms with Crippen molar-refractivity contribution in [2.45, 2.75) is 33.6 Å². The van der Waals surface area contributed by atoms with E-state index in [9.17, 15) is 9.59 Å². The number of hydrogen-bond acceptors (Lipinski definition) is 4. The zero-order valence-electron chi connectivity index (χ0n) is 11.3. The van der Waals surface area contributed by atoms with Gasteiger partial charge in [-0.3, -0.25) is 4.79 Å². The standard InChI is InChI=1S/C13H17N3O2S/c1-4-5-6-14-13(18)16-12(17)10-8(2)7-9(3)15-11(10)19-16/h7H,4-6H2,1-3H3,(H,14,18). The highest BCUT2D eigenvalue weighted by atomic mass is 32.1. The van der Waals surface area contributed by atoms with Crippen LogP contribution in [0.5, 0.6) is 0 Å². The number of nitrogens with one attached hydrogen (secondary N) is 1. The first-order valence-corrected chi connectivity index (χ1v) is 7.10. The summed E-state index contributed by atoms with van der Waals surface area (Å²) >= 11 is 1.10. The predicted molar refractivity (Wildman–Crippen MR) is 77.1 cm³/mol. The normalized spacial score (nSPS) is 10.9. The number of amides is 1. The van der Waals surface area contributed by atoms with Gasteiger partial charge >= 0.3 is 6.03 Å². The van der Waals surface area contributed by atoms with Crippen molar-refractivity contribution in [2.75, 3.05) is 6.54 Å². The Morgan fingerprint density at radius 3 is 2.89 bits per heavy atom. The van der Waals surface area contributed by atoms with Gasteiger partial charge in [0.15, 0.2) is 0 Å². The molecule has 2 aromatic rings. The largest absolute Gasteiger partial charge is 0.338 e. The molecule has 0 bridgehead atoms. The highest BCUT2D eigenvalue weighted by Gasteiger charge is 2.16. The maximum Gasteiger partial charge on any atom is 0.338 e.